The fraction of sp³-hybridized carbons (Fsp3) is 0.368. The van der Waals surface area contributed by atoms with Crippen molar-refractivity contribution in [1.82, 2.24) is 19.5 Å². The summed E-state index contributed by atoms with van der Waals surface area (Å²) in [5, 5.41) is 10.3. The highest BCUT2D eigenvalue weighted by Gasteiger charge is 2.18. The minimum absolute atomic E-state index is 0.241. The van der Waals surface area contributed by atoms with Crippen LogP contribution in [0, 0.1) is 18.3 Å². The molecule has 3 aromatic rings. The highest BCUT2D eigenvalue weighted by Crippen LogP contribution is 2.27. The minimum atomic E-state index is 0.241. The Morgan fingerprint density at radius 3 is 2.58 bits per heavy atom. The second-order valence-electron chi connectivity index (χ2n) is 5.65. The molecule has 0 saturated heterocycles. The van der Waals surface area contributed by atoms with Crippen LogP contribution in [0.25, 0.3) is 11.0 Å². The number of hydrogen-bond donors (Lipinski definition) is 0. The van der Waals surface area contributed by atoms with Gasteiger partial charge in [0.15, 0.2) is 0 Å². The highest BCUT2D eigenvalue weighted by atomic mass is 15.1. The van der Waals surface area contributed by atoms with E-state index in [4.69, 9.17) is 0 Å². The van der Waals surface area contributed by atoms with Crippen molar-refractivity contribution < 1.29 is 0 Å². The van der Waals surface area contributed by atoms with Crippen molar-refractivity contribution in [3.05, 3.63) is 53.4 Å². The third-order valence-corrected chi connectivity index (χ3v) is 3.60. The Kier molecular flexibility index (Phi) is 5.64. The first kappa shape index (κ1) is 17.6. The van der Waals surface area contributed by atoms with Crippen LogP contribution in [-0.2, 0) is 6.54 Å². The molecule has 0 fully saturated rings. The van der Waals surface area contributed by atoms with E-state index in [9.17, 15) is 5.26 Å². The topological polar surface area (TPSA) is 67.4 Å². The van der Waals surface area contributed by atoms with Crippen LogP contribution >= 0.6 is 0 Å². The van der Waals surface area contributed by atoms with E-state index in [-0.39, 0.29) is 5.92 Å². The lowest BCUT2D eigenvalue weighted by Gasteiger charge is -2.09. The summed E-state index contributed by atoms with van der Waals surface area (Å²) in [7, 11) is 0. The first-order valence-electron chi connectivity index (χ1n) is 8.26. The van der Waals surface area contributed by atoms with Crippen LogP contribution in [0.3, 0.4) is 0 Å². The number of aromatic nitrogens is 4. The third kappa shape index (κ3) is 3.43. The van der Waals surface area contributed by atoms with Crippen LogP contribution in [0.15, 0.2) is 30.7 Å². The van der Waals surface area contributed by atoms with Gasteiger partial charge in [0, 0.05) is 18.6 Å². The second-order valence-corrected chi connectivity index (χ2v) is 5.65. The lowest BCUT2D eigenvalue weighted by molar-refractivity contribution is 0.795. The molecule has 124 valence electrons. The predicted molar refractivity (Wildman–Crippen MR) is 95.8 cm³/mol. The molecule has 0 radical (unpaired) electrons. The van der Waals surface area contributed by atoms with Crippen LogP contribution in [0.4, 0.5) is 0 Å². The average Bonchev–Trinajstić information content (AvgIpc) is 2.94. The Hall–Kier alpha value is -2.74. The van der Waals surface area contributed by atoms with Crippen LogP contribution in [0.5, 0.6) is 0 Å². The van der Waals surface area contributed by atoms with Gasteiger partial charge in [0.05, 0.1) is 23.2 Å². The largest absolute Gasteiger partial charge is 0.327 e. The number of fused-ring (bicyclic) bond motifs is 1. The normalized spacial score (nSPS) is 10.4. The van der Waals surface area contributed by atoms with Crippen molar-refractivity contribution in [1.29, 1.82) is 5.26 Å². The molecule has 0 aliphatic carbocycles. The molecular formula is C19H23N5. The van der Waals surface area contributed by atoms with Gasteiger partial charge < -0.3 is 4.57 Å². The number of rotatable bonds is 3. The summed E-state index contributed by atoms with van der Waals surface area (Å²) < 4.78 is 2.01. The third-order valence-electron chi connectivity index (χ3n) is 3.60. The molecule has 24 heavy (non-hydrogen) atoms. The van der Waals surface area contributed by atoms with E-state index in [1.54, 1.807) is 6.20 Å². The van der Waals surface area contributed by atoms with E-state index in [2.05, 4.69) is 34.9 Å². The fourth-order valence-electron chi connectivity index (χ4n) is 2.64. The molecule has 3 aromatic heterocycles. The Morgan fingerprint density at radius 2 is 2.00 bits per heavy atom. The molecule has 5 nitrogen and oxygen atoms in total. The van der Waals surface area contributed by atoms with E-state index in [1.165, 1.54) is 0 Å². The number of hydrogen-bond acceptors (Lipinski definition) is 4. The number of nitrogens with zero attached hydrogens (tertiary/aromatic N) is 5. The number of nitriles is 1. The van der Waals surface area contributed by atoms with Gasteiger partial charge in [-0.1, -0.05) is 33.8 Å². The van der Waals surface area contributed by atoms with E-state index < -0.39 is 0 Å². The van der Waals surface area contributed by atoms with Gasteiger partial charge in [0.25, 0.3) is 0 Å². The second kappa shape index (κ2) is 7.69. The van der Waals surface area contributed by atoms with Gasteiger partial charge in [0.1, 0.15) is 17.5 Å². The maximum atomic E-state index is 9.46. The summed E-state index contributed by atoms with van der Waals surface area (Å²) in [6, 6.07) is 6.20. The molecular weight excluding hydrogens is 298 g/mol. The van der Waals surface area contributed by atoms with Crippen LogP contribution in [0.2, 0.25) is 0 Å². The summed E-state index contributed by atoms with van der Waals surface area (Å²) in [6.45, 7) is 10.7. The summed E-state index contributed by atoms with van der Waals surface area (Å²) in [6.07, 6.45) is 5.44. The quantitative estimate of drug-likeness (QED) is 0.725. The van der Waals surface area contributed by atoms with Crippen molar-refractivity contribution in [3.63, 3.8) is 0 Å². The molecule has 0 N–H and O–H groups in total. The predicted octanol–water partition coefficient (Wildman–Crippen LogP) is 4.20. The Morgan fingerprint density at radius 1 is 1.25 bits per heavy atom. The number of pyridine rings is 1. The lowest BCUT2D eigenvalue weighted by atomic mass is 10.0. The first-order valence-corrected chi connectivity index (χ1v) is 8.26. The zero-order valence-electron chi connectivity index (χ0n) is 14.9. The minimum Gasteiger partial charge on any atom is -0.327 e. The molecule has 0 amide bonds. The summed E-state index contributed by atoms with van der Waals surface area (Å²) >= 11 is 0. The SMILES string of the molecule is CC.Cc1nc(C(C)C)c2c(C#N)cn(Cc3cccnc3)c2n1. The molecule has 0 aliphatic heterocycles. The summed E-state index contributed by atoms with van der Waals surface area (Å²) in [4.78, 5) is 13.2. The molecule has 5 heteroatoms. The van der Waals surface area contributed by atoms with Gasteiger partial charge >= 0.3 is 0 Å². The molecule has 3 heterocycles. The van der Waals surface area contributed by atoms with Gasteiger partial charge in [0.2, 0.25) is 0 Å². The molecule has 0 aliphatic rings. The number of aryl methyl sites for hydroxylation is 1. The van der Waals surface area contributed by atoms with Gasteiger partial charge in [-0.3, -0.25) is 4.98 Å². The molecule has 0 aromatic carbocycles. The van der Waals surface area contributed by atoms with Gasteiger partial charge in [-0.2, -0.15) is 5.26 Å². The molecule has 0 unspecified atom stereocenters. The standard InChI is InChI=1S/C17H17N5.C2H6/c1-11(2)16-15-14(7-18)10-22(17(15)21-12(3)20-16)9-13-5-4-6-19-8-13;1-2/h4-6,8,10-11H,9H2,1-3H3;1-2H3. The van der Waals surface area contributed by atoms with Gasteiger partial charge in [-0.05, 0) is 24.5 Å². The lowest BCUT2D eigenvalue weighted by Crippen LogP contribution is -2.03. The van der Waals surface area contributed by atoms with Crippen LogP contribution in [-0.4, -0.2) is 19.5 Å². The van der Waals surface area contributed by atoms with Crippen molar-refractivity contribution in [2.24, 2.45) is 0 Å². The average molecular weight is 321 g/mol. The van der Waals surface area contributed by atoms with Crippen molar-refractivity contribution in [2.45, 2.75) is 47.1 Å². The van der Waals surface area contributed by atoms with Gasteiger partial charge in [-0.25, -0.2) is 9.97 Å². The molecule has 0 saturated carbocycles. The smallest absolute Gasteiger partial charge is 0.145 e. The van der Waals surface area contributed by atoms with E-state index in [0.717, 1.165) is 28.1 Å². The Balaban J connectivity index is 0.00000100. The van der Waals surface area contributed by atoms with Crippen molar-refractivity contribution in [2.75, 3.05) is 0 Å². The summed E-state index contributed by atoms with van der Waals surface area (Å²) in [5.41, 5.74) is 3.45. The molecule has 0 spiro atoms. The Labute approximate surface area is 143 Å². The van der Waals surface area contributed by atoms with Gasteiger partial charge in [-0.15, -0.1) is 0 Å². The maximum Gasteiger partial charge on any atom is 0.145 e. The molecule has 0 atom stereocenters. The molecule has 3 rings (SSSR count). The van der Waals surface area contributed by atoms with Crippen molar-refractivity contribution in [3.8, 4) is 6.07 Å². The van der Waals surface area contributed by atoms with Crippen LogP contribution < -0.4 is 0 Å². The van der Waals surface area contributed by atoms with E-state index in [0.29, 0.717) is 12.1 Å². The van der Waals surface area contributed by atoms with E-state index >= 15 is 0 Å². The maximum absolute atomic E-state index is 9.46. The van der Waals surface area contributed by atoms with Crippen molar-refractivity contribution >= 4 is 11.0 Å². The first-order chi connectivity index (χ1) is 11.6. The zero-order valence-corrected chi connectivity index (χ0v) is 14.9. The summed E-state index contributed by atoms with van der Waals surface area (Å²) in [5.74, 6) is 0.969. The fourth-order valence-corrected chi connectivity index (χ4v) is 2.64. The Bertz CT molecular complexity index is 857. The monoisotopic (exact) mass is 321 g/mol. The molecule has 0 bridgehead atoms. The van der Waals surface area contributed by atoms with E-state index in [1.807, 2.05) is 49.9 Å². The highest BCUT2D eigenvalue weighted by molar-refractivity contribution is 5.86. The van der Waals surface area contributed by atoms with Crippen LogP contribution in [0.1, 0.15) is 56.3 Å². The zero-order chi connectivity index (χ0) is 17.7.